The second kappa shape index (κ2) is 8.19. The Bertz CT molecular complexity index is 753. The van der Waals surface area contributed by atoms with Crippen LogP contribution in [0.5, 0.6) is 11.5 Å². The molecule has 120 valence electrons. The number of hydrogen-bond acceptors (Lipinski definition) is 4. The molecule has 5 nitrogen and oxygen atoms in total. The quantitative estimate of drug-likeness (QED) is 0.570. The lowest BCUT2D eigenvalue weighted by Gasteiger charge is -2.07. The van der Waals surface area contributed by atoms with Crippen LogP contribution in [-0.4, -0.2) is 23.8 Å². The molecule has 0 aliphatic heterocycles. The fourth-order valence-corrected chi connectivity index (χ4v) is 2.55. The standard InChI is InChI=1S/C15H11BrCl2N2O3/c16-12-6-11(18)2-4-14(12)23-8-15(22)20-19-7-9-5-10(17)1-3-13(9)21/h1-7,21H,8H2,(H,20,22)/b19-7+. The van der Waals surface area contributed by atoms with Crippen molar-refractivity contribution in [1.29, 1.82) is 0 Å². The second-order valence-corrected chi connectivity index (χ2v) is 6.09. The molecule has 0 atom stereocenters. The van der Waals surface area contributed by atoms with Crippen molar-refractivity contribution < 1.29 is 14.6 Å². The first-order valence-electron chi connectivity index (χ1n) is 6.34. The van der Waals surface area contributed by atoms with Gasteiger partial charge in [0.25, 0.3) is 5.91 Å². The molecule has 0 saturated carbocycles. The highest BCUT2D eigenvalue weighted by Gasteiger charge is 2.06. The van der Waals surface area contributed by atoms with Gasteiger partial charge in [0.15, 0.2) is 6.61 Å². The Kier molecular flexibility index (Phi) is 6.27. The Hall–Kier alpha value is -1.76. The van der Waals surface area contributed by atoms with Crippen molar-refractivity contribution in [1.82, 2.24) is 5.43 Å². The van der Waals surface area contributed by atoms with Gasteiger partial charge < -0.3 is 9.84 Å². The van der Waals surface area contributed by atoms with Gasteiger partial charge >= 0.3 is 0 Å². The Morgan fingerprint density at radius 1 is 1.26 bits per heavy atom. The maximum absolute atomic E-state index is 11.7. The molecule has 0 spiro atoms. The average molecular weight is 418 g/mol. The molecule has 2 N–H and O–H groups in total. The number of carbonyl (C=O) groups excluding carboxylic acids is 1. The maximum Gasteiger partial charge on any atom is 0.277 e. The number of phenols is 1. The van der Waals surface area contributed by atoms with Crippen molar-refractivity contribution in [3.63, 3.8) is 0 Å². The van der Waals surface area contributed by atoms with E-state index >= 15 is 0 Å². The van der Waals surface area contributed by atoms with Crippen LogP contribution in [0.1, 0.15) is 5.56 Å². The van der Waals surface area contributed by atoms with E-state index in [1.165, 1.54) is 18.3 Å². The zero-order valence-corrected chi connectivity index (χ0v) is 14.7. The predicted octanol–water partition coefficient (Wildman–Crippen LogP) is 3.99. The minimum Gasteiger partial charge on any atom is -0.507 e. The predicted molar refractivity (Wildman–Crippen MR) is 93.5 cm³/mol. The van der Waals surface area contributed by atoms with Gasteiger partial charge in [-0.1, -0.05) is 23.2 Å². The molecule has 2 aromatic rings. The molecule has 1 amide bonds. The molecule has 0 aromatic heterocycles. The van der Waals surface area contributed by atoms with Gasteiger partial charge in [0, 0.05) is 15.6 Å². The van der Waals surface area contributed by atoms with Crippen LogP contribution in [0.3, 0.4) is 0 Å². The first kappa shape index (κ1) is 17.6. The van der Waals surface area contributed by atoms with E-state index in [1.54, 1.807) is 24.3 Å². The van der Waals surface area contributed by atoms with Crippen molar-refractivity contribution in [2.45, 2.75) is 0 Å². The SMILES string of the molecule is O=C(COc1ccc(Cl)cc1Br)N/N=C/c1cc(Cl)ccc1O. The number of amides is 1. The smallest absolute Gasteiger partial charge is 0.277 e. The monoisotopic (exact) mass is 416 g/mol. The summed E-state index contributed by atoms with van der Waals surface area (Å²) >= 11 is 14.9. The summed E-state index contributed by atoms with van der Waals surface area (Å²) < 4.78 is 5.98. The highest BCUT2D eigenvalue weighted by atomic mass is 79.9. The van der Waals surface area contributed by atoms with Crippen LogP contribution in [0.2, 0.25) is 10.0 Å². The van der Waals surface area contributed by atoms with E-state index in [9.17, 15) is 9.90 Å². The molecule has 0 aliphatic carbocycles. The van der Waals surface area contributed by atoms with Crippen LogP contribution in [0.4, 0.5) is 0 Å². The van der Waals surface area contributed by atoms with E-state index in [-0.39, 0.29) is 12.4 Å². The lowest BCUT2D eigenvalue weighted by Crippen LogP contribution is -2.24. The highest BCUT2D eigenvalue weighted by molar-refractivity contribution is 9.10. The summed E-state index contributed by atoms with van der Waals surface area (Å²) in [5, 5.41) is 14.3. The van der Waals surface area contributed by atoms with Crippen molar-refractivity contribution in [3.05, 3.63) is 56.5 Å². The largest absolute Gasteiger partial charge is 0.507 e. The van der Waals surface area contributed by atoms with Gasteiger partial charge in [0.1, 0.15) is 11.5 Å². The molecule has 8 heteroatoms. The van der Waals surface area contributed by atoms with Crippen molar-refractivity contribution in [3.8, 4) is 11.5 Å². The van der Waals surface area contributed by atoms with E-state index in [4.69, 9.17) is 27.9 Å². The zero-order valence-electron chi connectivity index (χ0n) is 11.6. The van der Waals surface area contributed by atoms with Gasteiger partial charge in [-0.05, 0) is 52.3 Å². The van der Waals surface area contributed by atoms with Crippen molar-refractivity contribution >= 4 is 51.3 Å². The number of aromatic hydroxyl groups is 1. The zero-order chi connectivity index (χ0) is 16.8. The van der Waals surface area contributed by atoms with Crippen molar-refractivity contribution in [2.75, 3.05) is 6.61 Å². The minimum absolute atomic E-state index is 0.00810. The molecule has 0 unspecified atom stereocenters. The Morgan fingerprint density at radius 2 is 1.96 bits per heavy atom. The Labute approximate surface area is 151 Å². The van der Waals surface area contributed by atoms with Gasteiger partial charge in [-0.2, -0.15) is 5.10 Å². The van der Waals surface area contributed by atoms with E-state index in [0.29, 0.717) is 25.8 Å². The molecule has 0 radical (unpaired) electrons. The molecule has 0 saturated heterocycles. The summed E-state index contributed by atoms with van der Waals surface area (Å²) in [6.45, 7) is -0.223. The number of benzene rings is 2. The first-order valence-corrected chi connectivity index (χ1v) is 7.89. The lowest BCUT2D eigenvalue weighted by molar-refractivity contribution is -0.123. The van der Waals surface area contributed by atoms with Gasteiger partial charge in [-0.15, -0.1) is 0 Å². The van der Waals surface area contributed by atoms with Gasteiger partial charge in [0.2, 0.25) is 0 Å². The fraction of sp³-hybridized carbons (Fsp3) is 0.0667. The van der Waals surface area contributed by atoms with Gasteiger partial charge in [-0.3, -0.25) is 4.79 Å². The molecular formula is C15H11BrCl2N2O3. The summed E-state index contributed by atoms with van der Waals surface area (Å²) in [7, 11) is 0. The molecule has 2 rings (SSSR count). The number of nitrogens with zero attached hydrogens (tertiary/aromatic N) is 1. The van der Waals surface area contributed by atoms with Crippen LogP contribution in [0.15, 0.2) is 46.0 Å². The highest BCUT2D eigenvalue weighted by Crippen LogP contribution is 2.27. The van der Waals surface area contributed by atoms with E-state index < -0.39 is 5.91 Å². The maximum atomic E-state index is 11.7. The number of halogens is 3. The molecule has 2 aromatic carbocycles. The summed E-state index contributed by atoms with van der Waals surface area (Å²) in [6, 6.07) is 9.46. The number of hydrogen-bond donors (Lipinski definition) is 2. The molecule has 0 aliphatic rings. The summed E-state index contributed by atoms with van der Waals surface area (Å²) in [6.07, 6.45) is 1.29. The summed E-state index contributed by atoms with van der Waals surface area (Å²) in [4.78, 5) is 11.7. The van der Waals surface area contributed by atoms with Crippen LogP contribution in [0.25, 0.3) is 0 Å². The lowest BCUT2D eigenvalue weighted by atomic mass is 10.2. The third-order valence-electron chi connectivity index (χ3n) is 2.64. The number of phenolic OH excluding ortho intramolecular Hbond substituents is 1. The second-order valence-electron chi connectivity index (χ2n) is 4.36. The van der Waals surface area contributed by atoms with Crippen molar-refractivity contribution in [2.24, 2.45) is 5.10 Å². The third kappa shape index (κ3) is 5.42. The van der Waals surface area contributed by atoms with Crippen LogP contribution < -0.4 is 10.2 Å². The molecule has 0 fully saturated rings. The van der Waals surface area contributed by atoms with E-state index in [2.05, 4.69) is 26.5 Å². The molecule has 23 heavy (non-hydrogen) atoms. The minimum atomic E-state index is -0.454. The van der Waals surface area contributed by atoms with E-state index in [1.807, 2.05) is 0 Å². The third-order valence-corrected chi connectivity index (χ3v) is 3.73. The van der Waals surface area contributed by atoms with Gasteiger partial charge in [-0.25, -0.2) is 5.43 Å². The van der Waals surface area contributed by atoms with E-state index in [0.717, 1.165) is 0 Å². The number of hydrazone groups is 1. The number of nitrogens with one attached hydrogen (secondary N) is 1. The number of ether oxygens (including phenoxy) is 1. The normalized spacial score (nSPS) is 10.7. The molecule has 0 heterocycles. The summed E-state index contributed by atoms with van der Waals surface area (Å²) in [5.74, 6) is 0.0411. The first-order chi connectivity index (χ1) is 11.0. The Balaban J connectivity index is 1.87. The fourth-order valence-electron chi connectivity index (χ4n) is 1.57. The topological polar surface area (TPSA) is 70.9 Å². The van der Waals surface area contributed by atoms with Crippen LogP contribution in [0, 0.1) is 0 Å². The average Bonchev–Trinajstić information content (AvgIpc) is 2.50. The molecule has 0 bridgehead atoms. The van der Waals surface area contributed by atoms with Crippen LogP contribution >= 0.6 is 39.1 Å². The van der Waals surface area contributed by atoms with Crippen LogP contribution in [-0.2, 0) is 4.79 Å². The van der Waals surface area contributed by atoms with Gasteiger partial charge in [0.05, 0.1) is 10.7 Å². The summed E-state index contributed by atoms with van der Waals surface area (Å²) in [5.41, 5.74) is 2.68. The number of rotatable bonds is 5. The molecular weight excluding hydrogens is 407 g/mol. The Morgan fingerprint density at radius 3 is 2.70 bits per heavy atom. The number of carbonyl (C=O) groups is 1.